The number of benzene rings is 1. The average molecular weight is 402 g/mol. The summed E-state index contributed by atoms with van der Waals surface area (Å²) < 4.78 is 15.0. The van der Waals surface area contributed by atoms with Crippen LogP contribution in [-0.4, -0.2) is 46.3 Å². The molecular formula is C18H18N4O5S. The van der Waals surface area contributed by atoms with E-state index >= 15 is 0 Å². The lowest BCUT2D eigenvalue weighted by Gasteiger charge is -2.22. The number of methoxy groups -OCH3 is 2. The van der Waals surface area contributed by atoms with Crippen LogP contribution in [0.25, 0.3) is 11.3 Å². The van der Waals surface area contributed by atoms with Gasteiger partial charge in [-0.2, -0.15) is 5.10 Å². The lowest BCUT2D eigenvalue weighted by Crippen LogP contribution is -2.23. The lowest BCUT2D eigenvalue weighted by molar-refractivity contribution is -0.123. The van der Waals surface area contributed by atoms with Crippen molar-refractivity contribution in [3.8, 4) is 22.8 Å². The number of fused-ring (bicyclic) bond motifs is 1. The third-order valence-corrected chi connectivity index (χ3v) is 4.94. The van der Waals surface area contributed by atoms with Crippen LogP contribution in [0.1, 0.15) is 23.5 Å². The molecule has 0 aliphatic carbocycles. The van der Waals surface area contributed by atoms with Crippen molar-refractivity contribution in [2.45, 2.75) is 12.3 Å². The zero-order valence-corrected chi connectivity index (χ0v) is 15.9. The summed E-state index contributed by atoms with van der Waals surface area (Å²) in [6.07, 6.45) is 2.16. The van der Waals surface area contributed by atoms with Gasteiger partial charge < -0.3 is 19.9 Å². The zero-order valence-electron chi connectivity index (χ0n) is 15.1. The molecular weight excluding hydrogens is 384 g/mol. The molecule has 1 amide bonds. The number of aromatic nitrogens is 3. The highest BCUT2D eigenvalue weighted by Crippen LogP contribution is 2.44. The maximum atomic E-state index is 12.1. The molecule has 2 aromatic heterocycles. The van der Waals surface area contributed by atoms with E-state index in [0.29, 0.717) is 23.7 Å². The van der Waals surface area contributed by atoms with Crippen LogP contribution in [-0.2, 0) is 9.59 Å². The highest BCUT2D eigenvalue weighted by molar-refractivity contribution is 7.03. The molecule has 4 rings (SSSR count). The van der Waals surface area contributed by atoms with Gasteiger partial charge >= 0.3 is 0 Å². The second kappa shape index (κ2) is 8.53. The summed E-state index contributed by atoms with van der Waals surface area (Å²) in [7, 11) is 3.23. The number of amides is 1. The van der Waals surface area contributed by atoms with Crippen molar-refractivity contribution < 1.29 is 24.2 Å². The Morgan fingerprint density at radius 3 is 2.75 bits per heavy atom. The van der Waals surface area contributed by atoms with E-state index in [0.717, 1.165) is 22.4 Å². The molecule has 28 heavy (non-hydrogen) atoms. The molecule has 1 atom stereocenters. The van der Waals surface area contributed by atoms with E-state index in [1.165, 1.54) is 11.5 Å². The summed E-state index contributed by atoms with van der Waals surface area (Å²) in [5.74, 6) is 1.79. The summed E-state index contributed by atoms with van der Waals surface area (Å²) >= 11 is 1.37. The van der Waals surface area contributed by atoms with Crippen molar-refractivity contribution in [2.24, 2.45) is 0 Å². The van der Waals surface area contributed by atoms with Gasteiger partial charge in [-0.25, -0.2) is 4.37 Å². The molecule has 146 valence electrons. The fourth-order valence-electron chi connectivity index (χ4n) is 3.14. The highest BCUT2D eigenvalue weighted by Gasteiger charge is 2.33. The Balaban J connectivity index is 0.000000706. The first-order valence-corrected chi connectivity index (χ1v) is 9.04. The fraction of sp³-hybridized carbons (Fsp3) is 0.222. The van der Waals surface area contributed by atoms with Crippen LogP contribution < -0.4 is 14.8 Å². The number of aromatic amines is 1. The van der Waals surface area contributed by atoms with Crippen LogP contribution in [0.4, 0.5) is 5.82 Å². The van der Waals surface area contributed by atoms with Gasteiger partial charge in [0.05, 0.1) is 19.9 Å². The van der Waals surface area contributed by atoms with E-state index in [-0.39, 0.29) is 18.3 Å². The van der Waals surface area contributed by atoms with Gasteiger partial charge in [0.15, 0.2) is 5.82 Å². The van der Waals surface area contributed by atoms with Crippen molar-refractivity contribution >= 4 is 29.7 Å². The normalized spacial score (nSPS) is 14.9. The predicted octanol–water partition coefficient (Wildman–Crippen LogP) is 2.73. The molecule has 0 bridgehead atoms. The predicted molar refractivity (Wildman–Crippen MR) is 103 cm³/mol. The first kappa shape index (κ1) is 19.4. The largest absolute Gasteiger partial charge is 0.497 e. The minimum absolute atomic E-state index is 0.0524. The van der Waals surface area contributed by atoms with E-state index in [9.17, 15) is 4.79 Å². The van der Waals surface area contributed by atoms with Crippen LogP contribution in [0.3, 0.4) is 0 Å². The Labute approximate surface area is 164 Å². The minimum Gasteiger partial charge on any atom is -0.497 e. The number of carboxylic acid groups (broad SMARTS) is 1. The molecule has 0 saturated heterocycles. The topological polar surface area (TPSA) is 126 Å². The number of hydrogen-bond acceptors (Lipinski definition) is 7. The molecule has 1 aromatic carbocycles. The molecule has 0 radical (unpaired) electrons. The maximum Gasteiger partial charge on any atom is 0.290 e. The molecule has 3 heterocycles. The van der Waals surface area contributed by atoms with Gasteiger partial charge in [-0.3, -0.25) is 14.7 Å². The third-order valence-electron chi connectivity index (χ3n) is 4.33. The third kappa shape index (κ3) is 3.67. The first-order chi connectivity index (χ1) is 13.6. The van der Waals surface area contributed by atoms with Crippen LogP contribution in [0, 0.1) is 0 Å². The SMILES string of the molecule is COc1ccc(-c2[nH]nc3c2C(c2cnsc2)CC(=O)N3)c(OC)c1.O=CO. The summed E-state index contributed by atoms with van der Waals surface area (Å²) in [6, 6.07) is 5.61. The number of nitrogens with one attached hydrogen (secondary N) is 2. The summed E-state index contributed by atoms with van der Waals surface area (Å²) in [5.41, 5.74) is 3.64. The molecule has 0 saturated carbocycles. The molecule has 0 fully saturated rings. The van der Waals surface area contributed by atoms with Crippen molar-refractivity contribution in [1.29, 1.82) is 0 Å². The average Bonchev–Trinajstić information content (AvgIpc) is 3.37. The van der Waals surface area contributed by atoms with Gasteiger partial charge in [0.2, 0.25) is 5.91 Å². The van der Waals surface area contributed by atoms with Gasteiger partial charge in [-0.15, -0.1) is 0 Å². The van der Waals surface area contributed by atoms with Gasteiger partial charge in [0, 0.05) is 41.1 Å². The van der Waals surface area contributed by atoms with Crippen molar-refractivity contribution in [1.82, 2.24) is 14.6 Å². The number of carbonyl (C=O) groups is 2. The van der Waals surface area contributed by atoms with Crippen LogP contribution in [0.5, 0.6) is 11.5 Å². The fourth-order valence-corrected chi connectivity index (χ4v) is 3.73. The summed E-state index contributed by atoms with van der Waals surface area (Å²) in [6.45, 7) is -0.250. The number of carbonyl (C=O) groups excluding carboxylic acids is 1. The maximum absolute atomic E-state index is 12.1. The number of H-pyrrole nitrogens is 1. The zero-order chi connectivity index (χ0) is 20.1. The van der Waals surface area contributed by atoms with E-state index in [1.807, 2.05) is 23.6 Å². The van der Waals surface area contributed by atoms with E-state index in [2.05, 4.69) is 19.9 Å². The minimum atomic E-state index is -0.250. The van der Waals surface area contributed by atoms with Gasteiger partial charge in [-0.05, 0) is 29.2 Å². The number of hydrogen-bond donors (Lipinski definition) is 3. The summed E-state index contributed by atoms with van der Waals surface area (Å²) in [5, 5.41) is 19.0. The van der Waals surface area contributed by atoms with Crippen molar-refractivity contribution in [2.75, 3.05) is 19.5 Å². The van der Waals surface area contributed by atoms with E-state index in [1.54, 1.807) is 20.4 Å². The summed E-state index contributed by atoms with van der Waals surface area (Å²) in [4.78, 5) is 20.4. The van der Waals surface area contributed by atoms with E-state index < -0.39 is 0 Å². The molecule has 3 N–H and O–H groups in total. The second-order valence-electron chi connectivity index (χ2n) is 5.80. The standard InChI is InChI=1S/C17H16N4O3S.CH2O2/c1-23-10-3-4-11(13(5-10)24-2)16-15-12(9-7-18-25-8-9)6-14(22)19-17(15)21-20-16;2-1-3/h3-5,7-8,12H,6H2,1-2H3,(H2,19,20,21,22);1H,(H,2,3). The van der Waals surface area contributed by atoms with E-state index in [4.69, 9.17) is 19.4 Å². The molecule has 1 aliphatic heterocycles. The molecule has 0 spiro atoms. The van der Waals surface area contributed by atoms with Crippen LogP contribution >= 0.6 is 11.5 Å². The second-order valence-corrected chi connectivity index (χ2v) is 6.45. The van der Waals surface area contributed by atoms with Crippen molar-refractivity contribution in [3.05, 3.63) is 40.9 Å². The Hall–Kier alpha value is -3.40. The van der Waals surface area contributed by atoms with Gasteiger partial charge in [-0.1, -0.05) is 0 Å². The molecule has 3 aromatic rings. The highest BCUT2D eigenvalue weighted by atomic mass is 32.1. The Bertz CT molecular complexity index is 971. The lowest BCUT2D eigenvalue weighted by atomic mass is 9.86. The number of nitrogens with zero attached hydrogens (tertiary/aromatic N) is 2. The quantitative estimate of drug-likeness (QED) is 0.573. The number of anilines is 1. The van der Waals surface area contributed by atoms with Crippen molar-refractivity contribution in [3.63, 3.8) is 0 Å². The molecule has 1 unspecified atom stereocenters. The smallest absolute Gasteiger partial charge is 0.290 e. The van der Waals surface area contributed by atoms with Gasteiger partial charge in [0.25, 0.3) is 6.47 Å². The Morgan fingerprint density at radius 1 is 1.32 bits per heavy atom. The molecule has 9 nitrogen and oxygen atoms in total. The van der Waals surface area contributed by atoms with Crippen LogP contribution in [0.15, 0.2) is 29.8 Å². The molecule has 10 heteroatoms. The van der Waals surface area contributed by atoms with Gasteiger partial charge in [0.1, 0.15) is 11.5 Å². The Kier molecular flexibility index (Phi) is 5.90. The molecule has 1 aliphatic rings. The Morgan fingerprint density at radius 2 is 2.11 bits per heavy atom. The first-order valence-electron chi connectivity index (χ1n) is 8.20. The monoisotopic (exact) mass is 402 g/mol. The van der Waals surface area contributed by atoms with Crippen LogP contribution in [0.2, 0.25) is 0 Å². The number of ether oxygens (including phenoxy) is 2. The number of rotatable bonds is 4.